The molecule has 0 saturated carbocycles. The van der Waals surface area contributed by atoms with Gasteiger partial charge in [-0.2, -0.15) is 0 Å². The largest absolute Gasteiger partial charge is 0.460 e. The van der Waals surface area contributed by atoms with Gasteiger partial charge in [0, 0.05) is 4.47 Å². The molecule has 3 aromatic carbocycles. The highest BCUT2D eigenvalue weighted by Crippen LogP contribution is 2.29. The monoisotopic (exact) mass is 424 g/mol. The first-order valence-electron chi connectivity index (χ1n) is 8.93. The van der Waals surface area contributed by atoms with Crippen LogP contribution in [0.1, 0.15) is 24.5 Å². The number of hydrogen-bond donors (Lipinski definition) is 0. The van der Waals surface area contributed by atoms with E-state index in [0.29, 0.717) is 12.8 Å². The van der Waals surface area contributed by atoms with E-state index in [0.717, 1.165) is 26.4 Å². The summed E-state index contributed by atoms with van der Waals surface area (Å²) >= 11 is 3.67. The van der Waals surface area contributed by atoms with Crippen molar-refractivity contribution in [1.82, 2.24) is 0 Å². The van der Waals surface area contributed by atoms with Gasteiger partial charge < -0.3 is 4.74 Å². The third kappa shape index (κ3) is 4.83. The number of ether oxygens (including phenoxy) is 1. The molecule has 138 valence electrons. The van der Waals surface area contributed by atoms with Crippen molar-refractivity contribution >= 4 is 38.5 Å². The van der Waals surface area contributed by atoms with Crippen molar-refractivity contribution < 1.29 is 14.3 Å². The maximum atomic E-state index is 12.4. The highest BCUT2D eigenvalue weighted by Gasteiger charge is 2.25. The van der Waals surface area contributed by atoms with Crippen LogP contribution in [0.2, 0.25) is 0 Å². The number of benzene rings is 3. The Morgan fingerprint density at radius 1 is 0.963 bits per heavy atom. The Kier molecular flexibility index (Phi) is 6.40. The van der Waals surface area contributed by atoms with Gasteiger partial charge in [-0.15, -0.1) is 0 Å². The lowest BCUT2D eigenvalue weighted by Crippen LogP contribution is -2.25. The quantitative estimate of drug-likeness (QED) is 0.372. The van der Waals surface area contributed by atoms with E-state index in [-0.39, 0.29) is 12.4 Å². The second kappa shape index (κ2) is 8.96. The molecule has 0 fully saturated rings. The molecule has 4 heteroatoms. The number of halogens is 1. The molecule has 0 aliphatic rings. The predicted molar refractivity (Wildman–Crippen MR) is 110 cm³/mol. The second-order valence-electron chi connectivity index (χ2n) is 6.56. The zero-order chi connectivity index (χ0) is 19.2. The smallest absolute Gasteiger partial charge is 0.316 e. The van der Waals surface area contributed by atoms with E-state index in [1.54, 1.807) is 0 Å². The average molecular weight is 425 g/mol. The van der Waals surface area contributed by atoms with Gasteiger partial charge in [0.05, 0.1) is 0 Å². The summed E-state index contributed by atoms with van der Waals surface area (Å²) in [6, 6.07) is 21.7. The minimum Gasteiger partial charge on any atom is -0.460 e. The van der Waals surface area contributed by atoms with Gasteiger partial charge in [-0.05, 0) is 57.6 Å². The van der Waals surface area contributed by atoms with Crippen LogP contribution in [-0.4, -0.2) is 11.8 Å². The van der Waals surface area contributed by atoms with E-state index in [1.165, 1.54) is 6.92 Å². The van der Waals surface area contributed by atoms with E-state index < -0.39 is 11.9 Å². The number of carbonyl (C=O) groups is 2. The molecule has 0 spiro atoms. The molecule has 3 rings (SSSR count). The first-order chi connectivity index (χ1) is 13.1. The third-order valence-corrected chi connectivity index (χ3v) is 5.58. The van der Waals surface area contributed by atoms with Gasteiger partial charge in [-0.25, -0.2) is 0 Å². The van der Waals surface area contributed by atoms with Gasteiger partial charge in [-0.3, -0.25) is 9.59 Å². The molecular formula is C23H21BrO3. The normalized spacial score (nSPS) is 11.9. The van der Waals surface area contributed by atoms with E-state index in [4.69, 9.17) is 4.74 Å². The first kappa shape index (κ1) is 19.3. The number of ketones is 1. The van der Waals surface area contributed by atoms with Crippen LogP contribution in [0.25, 0.3) is 10.8 Å². The zero-order valence-electron chi connectivity index (χ0n) is 15.2. The molecular weight excluding hydrogens is 404 g/mol. The molecule has 0 radical (unpaired) electrons. The van der Waals surface area contributed by atoms with Crippen molar-refractivity contribution in [2.24, 2.45) is 5.92 Å². The topological polar surface area (TPSA) is 43.4 Å². The number of carbonyl (C=O) groups excluding carboxylic acids is 2. The van der Waals surface area contributed by atoms with Gasteiger partial charge in [0.15, 0.2) is 0 Å². The molecule has 0 aromatic heterocycles. The maximum absolute atomic E-state index is 12.4. The lowest BCUT2D eigenvalue weighted by Gasteiger charge is -2.14. The van der Waals surface area contributed by atoms with Crippen LogP contribution in [0.3, 0.4) is 0 Å². The minimum absolute atomic E-state index is 0.162. The van der Waals surface area contributed by atoms with Crippen molar-refractivity contribution in [1.29, 1.82) is 0 Å². The van der Waals surface area contributed by atoms with Gasteiger partial charge in [-0.1, -0.05) is 66.7 Å². The summed E-state index contributed by atoms with van der Waals surface area (Å²) < 4.78 is 6.38. The van der Waals surface area contributed by atoms with Crippen LogP contribution in [0.15, 0.2) is 71.2 Å². The van der Waals surface area contributed by atoms with Crippen molar-refractivity contribution in [3.63, 3.8) is 0 Å². The molecule has 0 heterocycles. The summed E-state index contributed by atoms with van der Waals surface area (Å²) in [6.07, 6.45) is 1.05. The molecule has 0 bridgehead atoms. The Morgan fingerprint density at radius 2 is 1.67 bits per heavy atom. The Balaban J connectivity index is 1.67. The molecule has 0 aliphatic heterocycles. The van der Waals surface area contributed by atoms with Crippen molar-refractivity contribution in [2.45, 2.75) is 26.4 Å². The summed E-state index contributed by atoms with van der Waals surface area (Å²) in [5, 5.41) is 2.28. The van der Waals surface area contributed by atoms with Gasteiger partial charge in [0.2, 0.25) is 0 Å². The van der Waals surface area contributed by atoms with Gasteiger partial charge in [0.25, 0.3) is 0 Å². The molecule has 27 heavy (non-hydrogen) atoms. The van der Waals surface area contributed by atoms with Crippen LogP contribution < -0.4 is 0 Å². The van der Waals surface area contributed by atoms with Crippen LogP contribution >= 0.6 is 15.9 Å². The fraction of sp³-hybridized carbons (Fsp3) is 0.217. The SMILES string of the molecule is CC(=O)C(CCc1ccc2ccccc2c1Br)C(=O)OCc1ccccc1. The summed E-state index contributed by atoms with van der Waals surface area (Å²) in [4.78, 5) is 24.4. The summed E-state index contributed by atoms with van der Waals surface area (Å²) in [5.74, 6) is -1.36. The van der Waals surface area contributed by atoms with Gasteiger partial charge >= 0.3 is 5.97 Å². The van der Waals surface area contributed by atoms with Crippen LogP contribution in [-0.2, 0) is 27.4 Å². The fourth-order valence-electron chi connectivity index (χ4n) is 3.09. The van der Waals surface area contributed by atoms with Gasteiger partial charge in [0.1, 0.15) is 18.3 Å². The van der Waals surface area contributed by atoms with Crippen molar-refractivity contribution in [2.75, 3.05) is 0 Å². The van der Waals surface area contributed by atoms with Crippen molar-refractivity contribution in [3.8, 4) is 0 Å². The highest BCUT2D eigenvalue weighted by molar-refractivity contribution is 9.10. The number of esters is 1. The van der Waals surface area contributed by atoms with E-state index in [2.05, 4.69) is 34.1 Å². The van der Waals surface area contributed by atoms with Crippen LogP contribution in [0.4, 0.5) is 0 Å². The van der Waals surface area contributed by atoms with Crippen LogP contribution in [0.5, 0.6) is 0 Å². The second-order valence-corrected chi connectivity index (χ2v) is 7.35. The number of fused-ring (bicyclic) bond motifs is 1. The third-order valence-electron chi connectivity index (χ3n) is 4.64. The zero-order valence-corrected chi connectivity index (χ0v) is 16.7. The molecule has 1 atom stereocenters. The molecule has 1 unspecified atom stereocenters. The standard InChI is InChI=1S/C23H21BrO3/c1-16(25)20(23(26)27-15-17-7-3-2-4-8-17)14-13-19-12-11-18-9-5-6-10-21(18)22(19)24/h2-12,20H,13-15H2,1H3. The number of aryl methyl sites for hydroxylation is 1. The van der Waals surface area contributed by atoms with E-state index in [9.17, 15) is 9.59 Å². The number of hydrogen-bond acceptors (Lipinski definition) is 3. The minimum atomic E-state index is -0.743. The van der Waals surface area contributed by atoms with E-state index >= 15 is 0 Å². The molecule has 0 amide bonds. The summed E-state index contributed by atoms with van der Waals surface area (Å²) in [7, 11) is 0. The van der Waals surface area contributed by atoms with E-state index in [1.807, 2.05) is 48.5 Å². The summed E-state index contributed by atoms with van der Waals surface area (Å²) in [6.45, 7) is 1.63. The Bertz CT molecular complexity index is 950. The lowest BCUT2D eigenvalue weighted by atomic mass is 9.95. The molecule has 0 aliphatic carbocycles. The lowest BCUT2D eigenvalue weighted by molar-refractivity contribution is -0.153. The Hall–Kier alpha value is -2.46. The molecule has 3 aromatic rings. The molecule has 0 saturated heterocycles. The number of rotatable bonds is 7. The maximum Gasteiger partial charge on any atom is 0.316 e. The molecule has 0 N–H and O–H groups in total. The molecule has 3 nitrogen and oxygen atoms in total. The van der Waals surface area contributed by atoms with Crippen molar-refractivity contribution in [3.05, 3.63) is 82.3 Å². The Labute approximate surface area is 167 Å². The average Bonchev–Trinajstić information content (AvgIpc) is 2.69. The van der Waals surface area contributed by atoms with Crippen LogP contribution in [0, 0.1) is 5.92 Å². The fourth-order valence-corrected chi connectivity index (χ4v) is 3.78. The predicted octanol–water partition coefficient (Wildman–Crippen LogP) is 5.48. The highest BCUT2D eigenvalue weighted by atomic mass is 79.9. The first-order valence-corrected chi connectivity index (χ1v) is 9.72. The Morgan fingerprint density at radius 3 is 2.41 bits per heavy atom. The summed E-state index contributed by atoms with van der Waals surface area (Å²) in [5.41, 5.74) is 1.99. The number of Topliss-reactive ketones (excluding diaryl/α,β-unsaturated/α-hetero) is 1.